The Labute approximate surface area is 189 Å². The van der Waals surface area contributed by atoms with E-state index in [0.717, 1.165) is 56.8 Å². The van der Waals surface area contributed by atoms with Crippen molar-refractivity contribution < 1.29 is 22.6 Å². The predicted molar refractivity (Wildman–Crippen MR) is 122 cm³/mol. The molecule has 2 N–H and O–H groups in total. The molecular formula is C25H35F3N2O2. The summed E-state index contributed by atoms with van der Waals surface area (Å²) in [4.78, 5) is 2.33. The number of nitrogens with two attached hydrogens (primary N) is 1. The van der Waals surface area contributed by atoms with Crippen LogP contribution in [0.25, 0.3) is 0 Å². The third kappa shape index (κ3) is 8.71. The summed E-state index contributed by atoms with van der Waals surface area (Å²) in [5, 5.41) is 0. The highest BCUT2D eigenvalue weighted by atomic mass is 19.4. The van der Waals surface area contributed by atoms with Crippen LogP contribution in [0.5, 0.6) is 11.5 Å². The van der Waals surface area contributed by atoms with Crippen molar-refractivity contribution in [3.63, 3.8) is 0 Å². The zero-order valence-corrected chi connectivity index (χ0v) is 19.1. The van der Waals surface area contributed by atoms with Gasteiger partial charge in [-0.15, -0.1) is 0 Å². The van der Waals surface area contributed by atoms with E-state index in [1.54, 1.807) is 20.3 Å². The first kappa shape index (κ1) is 26.0. The molecule has 0 aliphatic rings. The fraction of sp³-hybridized carbons (Fsp3) is 0.520. The molecule has 2 aromatic carbocycles. The molecule has 0 heterocycles. The molecule has 7 heteroatoms. The van der Waals surface area contributed by atoms with Gasteiger partial charge in [0.1, 0.15) is 0 Å². The van der Waals surface area contributed by atoms with Gasteiger partial charge in [0.25, 0.3) is 0 Å². The van der Waals surface area contributed by atoms with Crippen LogP contribution >= 0.6 is 0 Å². The van der Waals surface area contributed by atoms with Crippen molar-refractivity contribution in [2.75, 3.05) is 40.4 Å². The second kappa shape index (κ2) is 13.3. The third-order valence-electron chi connectivity index (χ3n) is 5.56. The molecule has 2 rings (SSSR count). The number of ether oxygens (including phenoxy) is 2. The van der Waals surface area contributed by atoms with Crippen LogP contribution in [0.3, 0.4) is 0 Å². The molecule has 0 bridgehead atoms. The van der Waals surface area contributed by atoms with Gasteiger partial charge in [0.15, 0.2) is 11.5 Å². The minimum atomic E-state index is -4.31. The highest BCUT2D eigenvalue weighted by Gasteiger charge is 2.30. The summed E-state index contributed by atoms with van der Waals surface area (Å²) < 4.78 is 49.8. The second-order valence-electron chi connectivity index (χ2n) is 7.93. The van der Waals surface area contributed by atoms with Gasteiger partial charge in [0.2, 0.25) is 0 Å². The molecule has 0 radical (unpaired) electrons. The molecule has 0 aromatic heterocycles. The molecule has 0 spiro atoms. The summed E-state index contributed by atoms with van der Waals surface area (Å²) in [7, 11) is 3.22. The van der Waals surface area contributed by atoms with Crippen molar-refractivity contribution in [3.8, 4) is 11.5 Å². The fourth-order valence-corrected chi connectivity index (χ4v) is 3.68. The van der Waals surface area contributed by atoms with Gasteiger partial charge in [0.05, 0.1) is 19.8 Å². The summed E-state index contributed by atoms with van der Waals surface area (Å²) in [5.41, 5.74) is 6.82. The van der Waals surface area contributed by atoms with E-state index >= 15 is 0 Å². The molecular weight excluding hydrogens is 417 g/mol. The Hall–Kier alpha value is -2.25. The molecule has 178 valence electrons. The van der Waals surface area contributed by atoms with Crippen LogP contribution in [0, 0.1) is 0 Å². The Bertz CT molecular complexity index is 812. The number of hydrogen-bond donors (Lipinski definition) is 1. The van der Waals surface area contributed by atoms with Crippen molar-refractivity contribution in [2.24, 2.45) is 5.73 Å². The van der Waals surface area contributed by atoms with Crippen LogP contribution in [0.15, 0.2) is 42.5 Å². The Balaban J connectivity index is 1.99. The molecule has 0 saturated heterocycles. The van der Waals surface area contributed by atoms with E-state index in [4.69, 9.17) is 15.2 Å². The van der Waals surface area contributed by atoms with Gasteiger partial charge in [0, 0.05) is 13.1 Å². The van der Waals surface area contributed by atoms with Gasteiger partial charge in [-0.3, -0.25) is 0 Å². The van der Waals surface area contributed by atoms with Gasteiger partial charge in [-0.25, -0.2) is 0 Å². The summed E-state index contributed by atoms with van der Waals surface area (Å²) >= 11 is 0. The Morgan fingerprint density at radius 2 is 1.44 bits per heavy atom. The van der Waals surface area contributed by atoms with Crippen molar-refractivity contribution in [3.05, 3.63) is 59.2 Å². The predicted octanol–water partition coefficient (Wildman–Crippen LogP) is 5.33. The summed E-state index contributed by atoms with van der Waals surface area (Å²) in [6.07, 6.45) is 1.38. The maximum atomic E-state index is 13.0. The van der Waals surface area contributed by atoms with Crippen LogP contribution in [-0.4, -0.2) is 45.3 Å². The number of alkyl halides is 3. The lowest BCUT2D eigenvalue weighted by Crippen LogP contribution is -2.29. The fourth-order valence-electron chi connectivity index (χ4n) is 3.68. The number of halogens is 3. The maximum Gasteiger partial charge on any atom is 0.416 e. The molecule has 0 fully saturated rings. The largest absolute Gasteiger partial charge is 0.493 e. The Kier molecular flexibility index (Phi) is 10.8. The molecule has 4 nitrogen and oxygen atoms in total. The van der Waals surface area contributed by atoms with Crippen LogP contribution in [0.4, 0.5) is 13.2 Å². The average Bonchev–Trinajstić information content (AvgIpc) is 2.79. The molecule has 32 heavy (non-hydrogen) atoms. The number of rotatable bonds is 14. The van der Waals surface area contributed by atoms with Gasteiger partial charge >= 0.3 is 6.18 Å². The van der Waals surface area contributed by atoms with Gasteiger partial charge in [-0.1, -0.05) is 37.1 Å². The zero-order valence-electron chi connectivity index (χ0n) is 19.1. The Morgan fingerprint density at radius 3 is 2.06 bits per heavy atom. The number of benzene rings is 2. The zero-order chi connectivity index (χ0) is 23.4. The number of methoxy groups -OCH3 is 2. The van der Waals surface area contributed by atoms with Crippen molar-refractivity contribution in [2.45, 2.75) is 44.7 Å². The summed E-state index contributed by atoms with van der Waals surface area (Å²) in [5.74, 6) is 1.39. The van der Waals surface area contributed by atoms with Gasteiger partial charge in [-0.2, -0.15) is 13.2 Å². The van der Waals surface area contributed by atoms with Crippen LogP contribution in [0.2, 0.25) is 0 Å². The minimum absolute atomic E-state index is 0.582. The minimum Gasteiger partial charge on any atom is -0.493 e. The smallest absolute Gasteiger partial charge is 0.416 e. The average molecular weight is 453 g/mol. The topological polar surface area (TPSA) is 47.7 Å². The maximum absolute atomic E-state index is 13.0. The molecule has 0 saturated carbocycles. The first-order valence-corrected chi connectivity index (χ1v) is 11.2. The third-order valence-corrected chi connectivity index (χ3v) is 5.56. The Morgan fingerprint density at radius 1 is 0.781 bits per heavy atom. The van der Waals surface area contributed by atoms with E-state index in [9.17, 15) is 13.2 Å². The molecule has 0 aliphatic heterocycles. The van der Waals surface area contributed by atoms with E-state index in [-0.39, 0.29) is 0 Å². The van der Waals surface area contributed by atoms with Gasteiger partial charge < -0.3 is 20.1 Å². The first-order chi connectivity index (χ1) is 15.4. The molecule has 0 atom stereocenters. The molecule has 0 unspecified atom stereocenters. The van der Waals surface area contributed by atoms with Crippen molar-refractivity contribution in [1.82, 2.24) is 4.90 Å². The van der Waals surface area contributed by atoms with Gasteiger partial charge in [-0.05, 0) is 68.1 Å². The standard InChI is InChI=1S/C25H35F3N2O2/c1-31-23-11-10-21(19-24(23)32-2)13-17-30(15-6-4-3-5-14-29)16-12-20-8-7-9-22(18-20)25(26,27)28/h7-11,18-19H,3-6,12-17,29H2,1-2H3. The second-order valence-corrected chi connectivity index (χ2v) is 7.93. The van der Waals surface area contributed by atoms with E-state index in [0.29, 0.717) is 36.6 Å². The molecule has 2 aromatic rings. The van der Waals surface area contributed by atoms with E-state index < -0.39 is 11.7 Å². The first-order valence-electron chi connectivity index (χ1n) is 11.2. The lowest BCUT2D eigenvalue weighted by molar-refractivity contribution is -0.137. The van der Waals surface area contributed by atoms with Crippen molar-refractivity contribution in [1.29, 1.82) is 0 Å². The van der Waals surface area contributed by atoms with Crippen LogP contribution in [-0.2, 0) is 19.0 Å². The number of unbranched alkanes of at least 4 members (excludes halogenated alkanes) is 3. The lowest BCUT2D eigenvalue weighted by atomic mass is 10.1. The SMILES string of the molecule is COc1ccc(CCN(CCCCCCN)CCc2cccc(C(F)(F)F)c2)cc1OC. The van der Waals surface area contributed by atoms with E-state index in [1.807, 2.05) is 18.2 Å². The monoisotopic (exact) mass is 452 g/mol. The number of nitrogens with zero attached hydrogens (tertiary/aromatic N) is 1. The van der Waals surface area contributed by atoms with Crippen LogP contribution in [0.1, 0.15) is 42.4 Å². The van der Waals surface area contributed by atoms with Crippen molar-refractivity contribution >= 4 is 0 Å². The highest BCUT2D eigenvalue weighted by Crippen LogP contribution is 2.30. The molecule has 0 amide bonds. The number of hydrogen-bond acceptors (Lipinski definition) is 4. The highest BCUT2D eigenvalue weighted by molar-refractivity contribution is 5.43. The summed E-state index contributed by atoms with van der Waals surface area (Å²) in [6.45, 7) is 3.16. The van der Waals surface area contributed by atoms with Crippen LogP contribution < -0.4 is 15.2 Å². The van der Waals surface area contributed by atoms with E-state index in [1.165, 1.54) is 12.1 Å². The summed E-state index contributed by atoms with van der Waals surface area (Å²) in [6, 6.07) is 11.5. The normalized spacial score (nSPS) is 11.7. The lowest BCUT2D eigenvalue weighted by Gasteiger charge is -2.23. The molecule has 0 aliphatic carbocycles. The van der Waals surface area contributed by atoms with E-state index in [2.05, 4.69) is 4.90 Å². The quantitative estimate of drug-likeness (QED) is 0.394.